The van der Waals surface area contributed by atoms with E-state index in [-0.39, 0.29) is 30.7 Å². The SMILES string of the molecule is CNCCN(C)C(=O)c1ccc(N2CCC(C)CC2)nc1.Cl.Cl. The third-order valence-electron chi connectivity index (χ3n) is 4.15. The molecule has 1 aromatic heterocycles. The quantitative estimate of drug-likeness (QED) is 0.873. The van der Waals surface area contributed by atoms with Crippen LogP contribution in [0.15, 0.2) is 18.3 Å². The van der Waals surface area contributed by atoms with Crippen molar-refractivity contribution in [2.45, 2.75) is 19.8 Å². The van der Waals surface area contributed by atoms with Crippen LogP contribution in [0.5, 0.6) is 0 Å². The maximum absolute atomic E-state index is 12.2. The van der Waals surface area contributed by atoms with E-state index in [2.05, 4.69) is 22.1 Å². The van der Waals surface area contributed by atoms with Crippen molar-refractivity contribution in [2.24, 2.45) is 5.92 Å². The lowest BCUT2D eigenvalue weighted by atomic mass is 9.99. The molecule has 1 aliphatic heterocycles. The van der Waals surface area contributed by atoms with E-state index in [0.29, 0.717) is 12.1 Å². The van der Waals surface area contributed by atoms with Gasteiger partial charge in [-0.3, -0.25) is 4.79 Å². The summed E-state index contributed by atoms with van der Waals surface area (Å²) in [5, 5.41) is 3.04. The Labute approximate surface area is 151 Å². The second kappa shape index (κ2) is 10.7. The molecule has 0 aliphatic carbocycles. The molecule has 1 N–H and O–H groups in total. The van der Waals surface area contributed by atoms with Gasteiger partial charge in [0, 0.05) is 39.4 Å². The number of halogens is 2. The van der Waals surface area contributed by atoms with Crippen molar-refractivity contribution in [2.75, 3.05) is 45.2 Å². The molecule has 0 radical (unpaired) electrons. The van der Waals surface area contributed by atoms with Gasteiger partial charge in [-0.15, -0.1) is 24.8 Å². The van der Waals surface area contributed by atoms with E-state index >= 15 is 0 Å². The van der Waals surface area contributed by atoms with Crippen molar-refractivity contribution in [1.29, 1.82) is 0 Å². The molecule has 23 heavy (non-hydrogen) atoms. The van der Waals surface area contributed by atoms with Crippen molar-refractivity contribution in [3.63, 3.8) is 0 Å². The van der Waals surface area contributed by atoms with Crippen LogP contribution in [0.3, 0.4) is 0 Å². The summed E-state index contributed by atoms with van der Waals surface area (Å²) in [7, 11) is 3.70. The summed E-state index contributed by atoms with van der Waals surface area (Å²) in [5.41, 5.74) is 0.655. The number of carbonyl (C=O) groups is 1. The summed E-state index contributed by atoms with van der Waals surface area (Å²) in [4.78, 5) is 20.7. The Morgan fingerprint density at radius 2 is 2.00 bits per heavy atom. The van der Waals surface area contributed by atoms with Crippen LogP contribution in [-0.2, 0) is 0 Å². The first-order valence-electron chi connectivity index (χ1n) is 7.73. The molecule has 2 heterocycles. The van der Waals surface area contributed by atoms with Crippen molar-refractivity contribution >= 4 is 36.5 Å². The number of nitrogens with zero attached hydrogens (tertiary/aromatic N) is 3. The van der Waals surface area contributed by atoms with E-state index in [4.69, 9.17) is 0 Å². The molecule has 2 rings (SSSR count). The molecule has 0 saturated carbocycles. The lowest BCUT2D eigenvalue weighted by Crippen LogP contribution is -2.34. The summed E-state index contributed by atoms with van der Waals surface area (Å²) < 4.78 is 0. The Kier molecular flexibility index (Phi) is 10.2. The summed E-state index contributed by atoms with van der Waals surface area (Å²) in [5.74, 6) is 1.82. The van der Waals surface area contributed by atoms with Gasteiger partial charge in [0.15, 0.2) is 0 Å². The minimum atomic E-state index is 0. The number of piperidine rings is 1. The van der Waals surface area contributed by atoms with Crippen LogP contribution < -0.4 is 10.2 Å². The highest BCUT2D eigenvalue weighted by Crippen LogP contribution is 2.21. The molecule has 1 saturated heterocycles. The Bertz CT molecular complexity index is 462. The van der Waals surface area contributed by atoms with E-state index < -0.39 is 0 Å². The smallest absolute Gasteiger partial charge is 0.255 e. The van der Waals surface area contributed by atoms with Gasteiger partial charge in [0.1, 0.15) is 5.82 Å². The van der Waals surface area contributed by atoms with Crippen LogP contribution >= 0.6 is 24.8 Å². The number of nitrogens with one attached hydrogen (secondary N) is 1. The minimum Gasteiger partial charge on any atom is -0.357 e. The number of carbonyl (C=O) groups excluding carboxylic acids is 1. The molecule has 0 unspecified atom stereocenters. The molecule has 1 aliphatic rings. The molecule has 7 heteroatoms. The molecule has 1 aromatic rings. The molecule has 1 amide bonds. The molecule has 0 bridgehead atoms. The summed E-state index contributed by atoms with van der Waals surface area (Å²) in [6.45, 7) is 5.90. The fraction of sp³-hybridized carbons (Fsp3) is 0.625. The summed E-state index contributed by atoms with van der Waals surface area (Å²) in [6, 6.07) is 3.85. The fourth-order valence-corrected chi connectivity index (χ4v) is 2.54. The molecular formula is C16H28Cl2N4O. The van der Waals surface area contributed by atoms with E-state index in [9.17, 15) is 4.79 Å². The molecular weight excluding hydrogens is 335 g/mol. The molecule has 5 nitrogen and oxygen atoms in total. The highest BCUT2D eigenvalue weighted by Gasteiger charge is 2.18. The number of aromatic nitrogens is 1. The Balaban J connectivity index is 0.00000242. The normalized spacial score (nSPS) is 14.7. The Morgan fingerprint density at radius 1 is 1.35 bits per heavy atom. The number of likely N-dealkylation sites (N-methyl/N-ethyl adjacent to an activating group) is 2. The number of hydrogen-bond acceptors (Lipinski definition) is 4. The first-order valence-corrected chi connectivity index (χ1v) is 7.73. The number of anilines is 1. The molecule has 132 valence electrons. The van der Waals surface area contributed by atoms with E-state index in [1.54, 1.807) is 11.1 Å². The number of pyridine rings is 1. The predicted molar refractivity (Wildman–Crippen MR) is 100 cm³/mol. The Morgan fingerprint density at radius 3 is 2.52 bits per heavy atom. The van der Waals surface area contributed by atoms with Crippen molar-refractivity contribution in [1.82, 2.24) is 15.2 Å². The van der Waals surface area contributed by atoms with Gasteiger partial charge in [0.25, 0.3) is 5.91 Å². The van der Waals surface area contributed by atoms with Crippen LogP contribution in [0.25, 0.3) is 0 Å². The second-order valence-corrected chi connectivity index (χ2v) is 5.90. The summed E-state index contributed by atoms with van der Waals surface area (Å²) >= 11 is 0. The van der Waals surface area contributed by atoms with E-state index in [1.807, 2.05) is 26.2 Å². The average Bonchev–Trinajstić information content (AvgIpc) is 2.53. The minimum absolute atomic E-state index is 0. The molecule has 0 spiro atoms. The Hall–Kier alpha value is -1.04. The fourth-order valence-electron chi connectivity index (χ4n) is 2.54. The largest absolute Gasteiger partial charge is 0.357 e. The van der Waals surface area contributed by atoms with Crippen LogP contribution in [0.4, 0.5) is 5.82 Å². The van der Waals surface area contributed by atoms with Gasteiger partial charge in [-0.1, -0.05) is 6.92 Å². The molecule has 1 fully saturated rings. The maximum Gasteiger partial charge on any atom is 0.255 e. The lowest BCUT2D eigenvalue weighted by Gasteiger charge is -2.31. The van der Waals surface area contributed by atoms with E-state index in [0.717, 1.165) is 31.4 Å². The number of hydrogen-bond donors (Lipinski definition) is 1. The monoisotopic (exact) mass is 362 g/mol. The molecule has 0 aromatic carbocycles. The highest BCUT2D eigenvalue weighted by atomic mass is 35.5. The van der Waals surface area contributed by atoms with Crippen LogP contribution in [0, 0.1) is 5.92 Å². The second-order valence-electron chi connectivity index (χ2n) is 5.90. The van der Waals surface area contributed by atoms with Gasteiger partial charge in [0.2, 0.25) is 0 Å². The highest BCUT2D eigenvalue weighted by molar-refractivity contribution is 5.93. The maximum atomic E-state index is 12.2. The van der Waals surface area contributed by atoms with Crippen LogP contribution in [-0.4, -0.2) is 56.1 Å². The van der Waals surface area contributed by atoms with Crippen molar-refractivity contribution < 1.29 is 4.79 Å². The zero-order valence-corrected chi connectivity index (χ0v) is 15.8. The van der Waals surface area contributed by atoms with Crippen molar-refractivity contribution in [3.8, 4) is 0 Å². The molecule has 0 atom stereocenters. The third kappa shape index (κ3) is 6.16. The topological polar surface area (TPSA) is 48.5 Å². The number of rotatable bonds is 5. The van der Waals surface area contributed by atoms with Gasteiger partial charge < -0.3 is 15.1 Å². The first-order chi connectivity index (χ1) is 10.1. The standard InChI is InChI=1S/C16H26N4O.2ClH/c1-13-6-9-20(10-7-13)15-5-4-14(12-18-15)16(21)19(3)11-8-17-2;;/h4-5,12-13,17H,6-11H2,1-3H3;2*1H. The van der Waals surface area contributed by atoms with Gasteiger partial charge >= 0.3 is 0 Å². The van der Waals surface area contributed by atoms with Gasteiger partial charge in [-0.2, -0.15) is 0 Å². The number of amides is 1. The average molecular weight is 363 g/mol. The van der Waals surface area contributed by atoms with Gasteiger partial charge in [-0.25, -0.2) is 4.98 Å². The van der Waals surface area contributed by atoms with Gasteiger partial charge in [-0.05, 0) is 37.9 Å². The van der Waals surface area contributed by atoms with E-state index in [1.165, 1.54) is 12.8 Å². The van der Waals surface area contributed by atoms with Gasteiger partial charge in [0.05, 0.1) is 5.56 Å². The zero-order chi connectivity index (χ0) is 15.2. The summed E-state index contributed by atoms with van der Waals surface area (Å²) in [6.07, 6.45) is 4.13. The zero-order valence-electron chi connectivity index (χ0n) is 14.1. The predicted octanol–water partition coefficient (Wildman–Crippen LogP) is 2.45. The first kappa shape index (κ1) is 22.0. The van der Waals surface area contributed by atoms with Crippen molar-refractivity contribution in [3.05, 3.63) is 23.9 Å². The lowest BCUT2D eigenvalue weighted by molar-refractivity contribution is 0.0796. The van der Waals surface area contributed by atoms with Crippen LogP contribution in [0.1, 0.15) is 30.1 Å². The van der Waals surface area contributed by atoms with Crippen LogP contribution in [0.2, 0.25) is 0 Å². The third-order valence-corrected chi connectivity index (χ3v) is 4.15.